The molecule has 0 unspecified atom stereocenters. The Labute approximate surface area is 98.8 Å². The van der Waals surface area contributed by atoms with Crippen molar-refractivity contribution in [1.29, 1.82) is 0 Å². The summed E-state index contributed by atoms with van der Waals surface area (Å²) in [5, 5.41) is 9.98. The van der Waals surface area contributed by atoms with Gasteiger partial charge in [0.15, 0.2) is 0 Å². The first-order chi connectivity index (χ1) is 7.59. The molecule has 0 amide bonds. The molecule has 2 atom stereocenters. The Bertz CT molecular complexity index is 323. The molecule has 1 heteroatoms. The normalized spacial score (nSPS) is 14.2. The lowest BCUT2D eigenvalue weighted by atomic mass is 9.96. The van der Waals surface area contributed by atoms with E-state index >= 15 is 0 Å². The van der Waals surface area contributed by atoms with Crippen LogP contribution in [0.2, 0.25) is 0 Å². The van der Waals surface area contributed by atoms with Crippen LogP contribution in [0.25, 0.3) is 0 Å². The van der Waals surface area contributed by atoms with E-state index in [4.69, 9.17) is 0 Å². The number of allylic oxidation sites excluding steroid dienone is 1. The van der Waals surface area contributed by atoms with Crippen molar-refractivity contribution in [1.82, 2.24) is 0 Å². The molecule has 0 saturated carbocycles. The number of aliphatic hydroxyl groups is 1. The van der Waals surface area contributed by atoms with Crippen molar-refractivity contribution in [3.8, 4) is 0 Å². The van der Waals surface area contributed by atoms with Crippen LogP contribution in [0.5, 0.6) is 0 Å². The molecule has 0 bridgehead atoms. The quantitative estimate of drug-likeness (QED) is 0.749. The highest BCUT2D eigenvalue weighted by Crippen LogP contribution is 2.14. The average molecular weight is 218 g/mol. The van der Waals surface area contributed by atoms with Gasteiger partial charge in [-0.1, -0.05) is 48.9 Å². The van der Waals surface area contributed by atoms with E-state index in [0.29, 0.717) is 0 Å². The van der Waals surface area contributed by atoms with Gasteiger partial charge in [0, 0.05) is 5.92 Å². The third kappa shape index (κ3) is 4.63. The summed E-state index contributed by atoms with van der Waals surface area (Å²) in [4.78, 5) is 0. The summed E-state index contributed by atoms with van der Waals surface area (Å²) in [7, 11) is 0. The number of hydrogen-bond donors (Lipinski definition) is 1. The Kier molecular flexibility index (Phi) is 5.27. The second kappa shape index (κ2) is 6.49. The standard InChI is InChI=1S/C15H22O/c1-12(2)11-13(3)15(16)10-9-14-7-5-4-6-8-14/h4-8,11,13,15-16H,9-10H2,1-3H3/t13-,15+/m0/s1. The van der Waals surface area contributed by atoms with Crippen LogP contribution in [-0.4, -0.2) is 11.2 Å². The molecule has 1 aromatic carbocycles. The number of aryl methyl sites for hydroxylation is 1. The topological polar surface area (TPSA) is 20.2 Å². The van der Waals surface area contributed by atoms with E-state index < -0.39 is 0 Å². The first kappa shape index (κ1) is 13.0. The molecule has 0 saturated heterocycles. The van der Waals surface area contributed by atoms with Crippen LogP contribution in [0.3, 0.4) is 0 Å². The van der Waals surface area contributed by atoms with Crippen LogP contribution < -0.4 is 0 Å². The minimum absolute atomic E-state index is 0.241. The van der Waals surface area contributed by atoms with Crippen LogP contribution in [-0.2, 0) is 6.42 Å². The first-order valence-corrected chi connectivity index (χ1v) is 5.96. The first-order valence-electron chi connectivity index (χ1n) is 5.96. The van der Waals surface area contributed by atoms with Gasteiger partial charge in [-0.15, -0.1) is 0 Å². The Morgan fingerprint density at radius 1 is 1.25 bits per heavy atom. The zero-order valence-corrected chi connectivity index (χ0v) is 10.5. The van der Waals surface area contributed by atoms with Crippen LogP contribution >= 0.6 is 0 Å². The summed E-state index contributed by atoms with van der Waals surface area (Å²) in [6, 6.07) is 10.3. The van der Waals surface area contributed by atoms with Crippen molar-refractivity contribution in [3.05, 3.63) is 47.5 Å². The van der Waals surface area contributed by atoms with E-state index in [1.807, 2.05) is 18.2 Å². The molecule has 88 valence electrons. The van der Waals surface area contributed by atoms with Crippen LogP contribution in [0.1, 0.15) is 32.8 Å². The smallest absolute Gasteiger partial charge is 0.0603 e. The van der Waals surface area contributed by atoms with Gasteiger partial charge in [0.1, 0.15) is 0 Å². The van der Waals surface area contributed by atoms with Crippen molar-refractivity contribution in [2.24, 2.45) is 5.92 Å². The van der Waals surface area contributed by atoms with Gasteiger partial charge in [-0.2, -0.15) is 0 Å². The lowest BCUT2D eigenvalue weighted by Crippen LogP contribution is -2.16. The molecule has 0 aliphatic heterocycles. The van der Waals surface area contributed by atoms with E-state index in [9.17, 15) is 5.11 Å². The monoisotopic (exact) mass is 218 g/mol. The van der Waals surface area contributed by atoms with Crippen molar-refractivity contribution in [2.75, 3.05) is 0 Å². The summed E-state index contributed by atoms with van der Waals surface area (Å²) in [6.07, 6.45) is 3.67. The molecule has 0 aliphatic carbocycles. The van der Waals surface area contributed by atoms with Crippen LogP contribution in [0, 0.1) is 5.92 Å². The summed E-state index contributed by atoms with van der Waals surface area (Å²) >= 11 is 0. The summed E-state index contributed by atoms with van der Waals surface area (Å²) in [6.45, 7) is 6.21. The Morgan fingerprint density at radius 2 is 1.88 bits per heavy atom. The summed E-state index contributed by atoms with van der Waals surface area (Å²) in [5.74, 6) is 0.244. The van der Waals surface area contributed by atoms with Gasteiger partial charge in [0.2, 0.25) is 0 Å². The van der Waals surface area contributed by atoms with E-state index in [1.165, 1.54) is 11.1 Å². The highest BCUT2D eigenvalue weighted by atomic mass is 16.3. The lowest BCUT2D eigenvalue weighted by Gasteiger charge is -2.16. The van der Waals surface area contributed by atoms with Gasteiger partial charge in [-0.05, 0) is 32.3 Å². The maximum absolute atomic E-state index is 9.98. The lowest BCUT2D eigenvalue weighted by molar-refractivity contribution is 0.128. The van der Waals surface area contributed by atoms with Gasteiger partial charge < -0.3 is 5.11 Å². The molecule has 1 aromatic rings. The van der Waals surface area contributed by atoms with E-state index in [0.717, 1.165) is 12.8 Å². The Balaban J connectivity index is 2.41. The molecule has 1 rings (SSSR count). The molecule has 0 heterocycles. The molecule has 16 heavy (non-hydrogen) atoms. The number of hydrogen-bond acceptors (Lipinski definition) is 1. The maximum atomic E-state index is 9.98. The Hall–Kier alpha value is -1.08. The van der Waals surface area contributed by atoms with Gasteiger partial charge in [0.05, 0.1) is 6.10 Å². The molecule has 1 nitrogen and oxygen atoms in total. The third-order valence-corrected chi connectivity index (χ3v) is 2.77. The van der Waals surface area contributed by atoms with Gasteiger partial charge in [-0.25, -0.2) is 0 Å². The molecule has 0 radical (unpaired) electrons. The maximum Gasteiger partial charge on any atom is 0.0603 e. The highest BCUT2D eigenvalue weighted by molar-refractivity contribution is 5.14. The van der Waals surface area contributed by atoms with E-state index in [1.54, 1.807) is 0 Å². The number of aliphatic hydroxyl groups excluding tert-OH is 1. The fourth-order valence-corrected chi connectivity index (χ4v) is 1.86. The fraction of sp³-hybridized carbons (Fsp3) is 0.467. The molecule has 1 N–H and O–H groups in total. The largest absolute Gasteiger partial charge is 0.393 e. The number of benzene rings is 1. The third-order valence-electron chi connectivity index (χ3n) is 2.77. The molecule has 0 aliphatic rings. The zero-order chi connectivity index (χ0) is 12.0. The van der Waals surface area contributed by atoms with Crippen molar-refractivity contribution >= 4 is 0 Å². The predicted molar refractivity (Wildman–Crippen MR) is 69.4 cm³/mol. The van der Waals surface area contributed by atoms with Crippen molar-refractivity contribution in [3.63, 3.8) is 0 Å². The molecule has 0 fully saturated rings. The molecule has 0 spiro atoms. The minimum atomic E-state index is -0.241. The Morgan fingerprint density at radius 3 is 2.44 bits per heavy atom. The van der Waals surface area contributed by atoms with Gasteiger partial charge in [0.25, 0.3) is 0 Å². The van der Waals surface area contributed by atoms with E-state index in [2.05, 4.69) is 39.0 Å². The molecular weight excluding hydrogens is 196 g/mol. The second-order valence-electron chi connectivity index (χ2n) is 4.69. The summed E-state index contributed by atoms with van der Waals surface area (Å²) in [5.41, 5.74) is 2.57. The summed E-state index contributed by atoms with van der Waals surface area (Å²) < 4.78 is 0. The molecule has 0 aromatic heterocycles. The SMILES string of the molecule is CC(C)=C[C@H](C)[C@H](O)CCc1ccccc1. The van der Waals surface area contributed by atoms with E-state index in [-0.39, 0.29) is 12.0 Å². The number of rotatable bonds is 5. The van der Waals surface area contributed by atoms with Gasteiger partial charge >= 0.3 is 0 Å². The fourth-order valence-electron chi connectivity index (χ4n) is 1.86. The molecular formula is C15H22O. The minimum Gasteiger partial charge on any atom is -0.393 e. The van der Waals surface area contributed by atoms with Gasteiger partial charge in [-0.3, -0.25) is 0 Å². The van der Waals surface area contributed by atoms with Crippen LogP contribution in [0.4, 0.5) is 0 Å². The average Bonchev–Trinajstić information content (AvgIpc) is 2.26. The highest BCUT2D eigenvalue weighted by Gasteiger charge is 2.11. The second-order valence-corrected chi connectivity index (χ2v) is 4.69. The van der Waals surface area contributed by atoms with Crippen LogP contribution in [0.15, 0.2) is 42.0 Å². The van der Waals surface area contributed by atoms with Crippen molar-refractivity contribution in [2.45, 2.75) is 39.7 Å². The zero-order valence-electron chi connectivity index (χ0n) is 10.5. The predicted octanol–water partition coefficient (Wildman–Crippen LogP) is 3.58. The van der Waals surface area contributed by atoms with Crippen molar-refractivity contribution < 1.29 is 5.11 Å².